The van der Waals surface area contributed by atoms with Gasteiger partial charge in [0.25, 0.3) is 0 Å². The van der Waals surface area contributed by atoms with Gasteiger partial charge < -0.3 is 14.9 Å². The van der Waals surface area contributed by atoms with Gasteiger partial charge in [-0.05, 0) is 45.7 Å². The van der Waals surface area contributed by atoms with Gasteiger partial charge in [0.2, 0.25) is 5.90 Å². The van der Waals surface area contributed by atoms with Gasteiger partial charge in [-0.2, -0.15) is 0 Å². The first-order valence-corrected chi connectivity index (χ1v) is 8.46. The summed E-state index contributed by atoms with van der Waals surface area (Å²) in [4.78, 5) is 7.72. The molecule has 0 radical (unpaired) electrons. The van der Waals surface area contributed by atoms with Gasteiger partial charge in [-0.15, -0.1) is 0 Å². The highest BCUT2D eigenvalue weighted by molar-refractivity contribution is 5.82. The summed E-state index contributed by atoms with van der Waals surface area (Å²) >= 11 is 0. The second kappa shape index (κ2) is 6.32. The average Bonchev–Trinajstić information content (AvgIpc) is 2.51. The topological polar surface area (TPSA) is 46.1 Å². The number of nitrogens with zero attached hydrogens (tertiary/aromatic N) is 2. The second-order valence-corrected chi connectivity index (χ2v) is 7.46. The van der Waals surface area contributed by atoms with Gasteiger partial charge in [0.05, 0.1) is 0 Å². The van der Waals surface area contributed by atoms with Crippen LogP contribution in [0.15, 0.2) is 5.16 Å². The molecular weight excluding hydrogens is 285 g/mol. The molecule has 1 N–H and O–H groups in total. The number of ether oxygens (including phenoxy) is 1. The van der Waals surface area contributed by atoms with E-state index in [9.17, 15) is 4.39 Å². The van der Waals surface area contributed by atoms with Crippen molar-refractivity contribution in [1.82, 2.24) is 10.2 Å². The van der Waals surface area contributed by atoms with Crippen LogP contribution in [0.5, 0.6) is 0 Å². The van der Waals surface area contributed by atoms with E-state index in [1.165, 1.54) is 0 Å². The Morgan fingerprint density at radius 1 is 1.23 bits per heavy atom. The Labute approximate surface area is 132 Å². The summed E-state index contributed by atoms with van der Waals surface area (Å²) < 4.78 is 20.0. The van der Waals surface area contributed by atoms with Crippen molar-refractivity contribution in [1.29, 1.82) is 0 Å². The van der Waals surface area contributed by atoms with Crippen LogP contribution in [0.4, 0.5) is 4.39 Å². The number of likely N-dealkylation sites (tertiary alicyclic amines) is 1. The third kappa shape index (κ3) is 3.71. The summed E-state index contributed by atoms with van der Waals surface area (Å²) in [5, 5.41) is 7.55. The van der Waals surface area contributed by atoms with Gasteiger partial charge in [-0.25, -0.2) is 4.39 Å². The lowest BCUT2D eigenvalue weighted by Gasteiger charge is -2.39. The molecule has 0 amide bonds. The molecule has 6 heteroatoms. The van der Waals surface area contributed by atoms with Crippen molar-refractivity contribution in [3.8, 4) is 0 Å². The zero-order chi connectivity index (χ0) is 15.6. The number of halogens is 1. The van der Waals surface area contributed by atoms with Crippen LogP contribution < -0.4 is 5.32 Å². The molecule has 3 heterocycles. The number of nitrogens with one attached hydrogen (secondary N) is 1. The molecule has 5 nitrogen and oxygen atoms in total. The van der Waals surface area contributed by atoms with Crippen LogP contribution in [0.2, 0.25) is 0 Å². The number of piperidine rings is 2. The zero-order valence-electron chi connectivity index (χ0n) is 13.7. The Kier molecular flexibility index (Phi) is 4.59. The maximum Gasteiger partial charge on any atom is 0.232 e. The molecule has 0 aromatic rings. The van der Waals surface area contributed by atoms with Crippen molar-refractivity contribution >= 4 is 5.90 Å². The van der Waals surface area contributed by atoms with Gasteiger partial charge >= 0.3 is 0 Å². The Hall–Kier alpha value is -0.880. The molecule has 0 saturated carbocycles. The minimum Gasteiger partial charge on any atom is -0.470 e. The van der Waals surface area contributed by atoms with Crippen molar-refractivity contribution < 1.29 is 14.0 Å². The van der Waals surface area contributed by atoms with Crippen LogP contribution in [0.25, 0.3) is 0 Å². The van der Waals surface area contributed by atoms with Gasteiger partial charge in [0, 0.05) is 25.0 Å². The highest BCUT2D eigenvalue weighted by Crippen LogP contribution is 2.32. The maximum absolute atomic E-state index is 13.9. The van der Waals surface area contributed by atoms with E-state index in [0.29, 0.717) is 19.4 Å². The third-order valence-electron chi connectivity index (χ3n) is 5.27. The first-order chi connectivity index (χ1) is 10.5. The van der Waals surface area contributed by atoms with Crippen molar-refractivity contribution in [3.05, 3.63) is 0 Å². The van der Waals surface area contributed by atoms with Gasteiger partial charge in [-0.3, -0.25) is 4.90 Å². The maximum atomic E-state index is 13.9. The number of rotatable bonds is 3. The first kappa shape index (κ1) is 16.0. The lowest BCUT2D eigenvalue weighted by Crippen LogP contribution is -2.49. The predicted molar refractivity (Wildman–Crippen MR) is 83.7 cm³/mol. The van der Waals surface area contributed by atoms with Gasteiger partial charge in [-0.1, -0.05) is 12.1 Å². The zero-order valence-corrected chi connectivity index (χ0v) is 13.7. The lowest BCUT2D eigenvalue weighted by molar-refractivity contribution is -0.0301. The standard InChI is InChI=1S/C16H28FN3O2/c1-15(3-7-18-8-4-15)14-19-21-12-13(22-14)11-20-9-5-16(2,17)6-10-20/h13,18H,3-12H2,1-2H3. The Morgan fingerprint density at radius 2 is 1.91 bits per heavy atom. The van der Waals surface area contributed by atoms with E-state index in [2.05, 4.69) is 22.3 Å². The molecule has 0 aromatic heterocycles. The van der Waals surface area contributed by atoms with Gasteiger partial charge in [0.1, 0.15) is 11.8 Å². The minimum atomic E-state index is -1.00. The average molecular weight is 313 g/mol. The first-order valence-electron chi connectivity index (χ1n) is 8.46. The van der Waals surface area contributed by atoms with E-state index in [-0.39, 0.29) is 11.5 Å². The van der Waals surface area contributed by atoms with Crippen molar-refractivity contribution in [2.24, 2.45) is 10.6 Å². The molecule has 3 aliphatic rings. The van der Waals surface area contributed by atoms with E-state index in [0.717, 1.165) is 51.5 Å². The largest absolute Gasteiger partial charge is 0.470 e. The predicted octanol–water partition coefficient (Wildman–Crippen LogP) is 1.93. The second-order valence-electron chi connectivity index (χ2n) is 7.46. The van der Waals surface area contributed by atoms with Crippen molar-refractivity contribution in [2.75, 3.05) is 39.3 Å². The lowest BCUT2D eigenvalue weighted by atomic mass is 9.80. The molecule has 0 bridgehead atoms. The number of hydrogen-bond donors (Lipinski definition) is 1. The van der Waals surface area contributed by atoms with Crippen molar-refractivity contribution in [3.63, 3.8) is 0 Å². The molecule has 2 fully saturated rings. The fourth-order valence-electron chi connectivity index (χ4n) is 3.42. The van der Waals surface area contributed by atoms with E-state index in [1.807, 2.05) is 0 Å². The van der Waals surface area contributed by atoms with E-state index >= 15 is 0 Å². The molecule has 3 rings (SSSR count). The summed E-state index contributed by atoms with van der Waals surface area (Å²) in [5.41, 5.74) is -1.03. The highest BCUT2D eigenvalue weighted by atomic mass is 19.1. The fraction of sp³-hybridized carbons (Fsp3) is 0.938. The molecule has 22 heavy (non-hydrogen) atoms. The molecule has 2 saturated heterocycles. The van der Waals surface area contributed by atoms with E-state index < -0.39 is 5.67 Å². The third-order valence-corrected chi connectivity index (χ3v) is 5.27. The molecule has 3 aliphatic heterocycles. The number of hydrogen-bond acceptors (Lipinski definition) is 5. The molecule has 0 spiro atoms. The summed E-state index contributed by atoms with van der Waals surface area (Å²) in [6.45, 7) is 8.75. The summed E-state index contributed by atoms with van der Waals surface area (Å²) in [6, 6.07) is 0. The molecule has 126 valence electrons. The van der Waals surface area contributed by atoms with Crippen LogP contribution in [-0.4, -0.2) is 61.9 Å². The fourth-order valence-corrected chi connectivity index (χ4v) is 3.42. The Balaban J connectivity index is 1.53. The quantitative estimate of drug-likeness (QED) is 0.865. The highest BCUT2D eigenvalue weighted by Gasteiger charge is 2.39. The van der Waals surface area contributed by atoms with Crippen molar-refractivity contribution in [2.45, 2.75) is 51.3 Å². The van der Waals surface area contributed by atoms with E-state index in [4.69, 9.17) is 9.57 Å². The Morgan fingerprint density at radius 3 is 2.59 bits per heavy atom. The molecule has 1 atom stereocenters. The SMILES string of the molecule is CC1(F)CCN(CC2CON=C(C3(C)CCNCC3)O2)CC1. The summed E-state index contributed by atoms with van der Waals surface area (Å²) in [7, 11) is 0. The molecular formula is C16H28FN3O2. The summed E-state index contributed by atoms with van der Waals surface area (Å²) in [6.07, 6.45) is 3.25. The van der Waals surface area contributed by atoms with Crippen LogP contribution in [0, 0.1) is 5.41 Å². The minimum absolute atomic E-state index is 0.00294. The van der Waals surface area contributed by atoms with Gasteiger partial charge in [0.15, 0.2) is 6.61 Å². The van der Waals surface area contributed by atoms with E-state index in [1.54, 1.807) is 6.92 Å². The van der Waals surface area contributed by atoms with Crippen LogP contribution in [0.1, 0.15) is 39.5 Å². The molecule has 1 unspecified atom stereocenters. The Bertz CT molecular complexity index is 412. The number of oxime groups is 1. The smallest absolute Gasteiger partial charge is 0.232 e. The normalized spacial score (nSPS) is 31.8. The summed E-state index contributed by atoms with van der Waals surface area (Å²) in [5.74, 6) is 0.748. The van der Waals surface area contributed by atoms with Crippen LogP contribution in [0.3, 0.4) is 0 Å². The molecule has 0 aromatic carbocycles. The number of alkyl halides is 1. The van der Waals surface area contributed by atoms with Crippen LogP contribution in [-0.2, 0) is 9.57 Å². The molecule has 0 aliphatic carbocycles. The monoisotopic (exact) mass is 313 g/mol. The van der Waals surface area contributed by atoms with Crippen LogP contribution >= 0.6 is 0 Å².